The second kappa shape index (κ2) is 8.52. The van der Waals surface area contributed by atoms with Crippen LogP contribution < -0.4 is 15.2 Å². The van der Waals surface area contributed by atoms with Crippen LogP contribution >= 0.6 is 0 Å². The highest BCUT2D eigenvalue weighted by Crippen LogP contribution is 2.26. The van der Waals surface area contributed by atoms with Gasteiger partial charge in [0.1, 0.15) is 23.9 Å². The molecule has 0 aliphatic carbocycles. The maximum atomic E-state index is 10.8. The van der Waals surface area contributed by atoms with Crippen LogP contribution in [0.25, 0.3) is 23.0 Å². The van der Waals surface area contributed by atoms with E-state index >= 15 is 0 Å². The van der Waals surface area contributed by atoms with Crippen molar-refractivity contribution >= 4 is 5.91 Å². The van der Waals surface area contributed by atoms with Crippen LogP contribution in [0.4, 0.5) is 0 Å². The third kappa shape index (κ3) is 4.49. The molecule has 2 N–H and O–H groups in total. The predicted octanol–water partition coefficient (Wildman–Crippen LogP) is 3.75. The van der Waals surface area contributed by atoms with Crippen LogP contribution in [0.5, 0.6) is 11.5 Å². The molecule has 0 bridgehead atoms. The molecule has 2 aromatic heterocycles. The summed E-state index contributed by atoms with van der Waals surface area (Å²) in [5.74, 6) is 2.55. The Kier molecular flexibility index (Phi) is 5.47. The average Bonchev–Trinajstić information content (AvgIpc) is 3.42. The summed E-state index contributed by atoms with van der Waals surface area (Å²) in [6, 6.07) is 18.3. The predicted molar refractivity (Wildman–Crippen MR) is 108 cm³/mol. The van der Waals surface area contributed by atoms with E-state index in [0.717, 1.165) is 16.9 Å². The molecule has 0 spiro atoms. The first-order valence-corrected chi connectivity index (χ1v) is 9.21. The van der Waals surface area contributed by atoms with Crippen LogP contribution in [0.2, 0.25) is 0 Å². The number of ether oxygens (including phenoxy) is 2. The fourth-order valence-corrected chi connectivity index (χ4v) is 2.73. The number of nitrogens with two attached hydrogens (primary N) is 1. The van der Waals surface area contributed by atoms with Gasteiger partial charge in [0.05, 0.1) is 0 Å². The first-order valence-electron chi connectivity index (χ1n) is 9.21. The molecule has 0 unspecified atom stereocenters. The zero-order valence-corrected chi connectivity index (χ0v) is 16.2. The van der Waals surface area contributed by atoms with Crippen molar-refractivity contribution in [3.05, 3.63) is 72.0 Å². The van der Waals surface area contributed by atoms with Crippen molar-refractivity contribution in [1.82, 2.24) is 10.1 Å². The second-order valence-electron chi connectivity index (χ2n) is 6.52. The van der Waals surface area contributed by atoms with Gasteiger partial charge in [0.15, 0.2) is 12.4 Å². The highest BCUT2D eigenvalue weighted by molar-refractivity contribution is 5.75. The van der Waals surface area contributed by atoms with Gasteiger partial charge in [-0.15, -0.1) is 0 Å². The lowest BCUT2D eigenvalue weighted by Gasteiger charge is -2.06. The van der Waals surface area contributed by atoms with Gasteiger partial charge in [-0.25, -0.2) is 0 Å². The average molecular weight is 405 g/mol. The third-order valence-electron chi connectivity index (χ3n) is 4.26. The summed E-state index contributed by atoms with van der Waals surface area (Å²) in [6.45, 7) is 2.10. The Labute approximate surface area is 172 Å². The van der Waals surface area contributed by atoms with Crippen LogP contribution in [-0.4, -0.2) is 22.7 Å². The van der Waals surface area contributed by atoms with Crippen molar-refractivity contribution in [3.63, 3.8) is 0 Å². The molecule has 4 rings (SSSR count). The van der Waals surface area contributed by atoms with Crippen LogP contribution in [0.1, 0.15) is 11.3 Å². The zero-order chi connectivity index (χ0) is 20.9. The van der Waals surface area contributed by atoms with E-state index in [1.54, 1.807) is 30.3 Å². The fraction of sp³-hybridized carbons (Fsp3) is 0.136. The van der Waals surface area contributed by atoms with Crippen molar-refractivity contribution < 1.29 is 23.2 Å². The van der Waals surface area contributed by atoms with Gasteiger partial charge < -0.3 is 24.1 Å². The van der Waals surface area contributed by atoms with E-state index < -0.39 is 5.91 Å². The van der Waals surface area contributed by atoms with Crippen LogP contribution in [0.3, 0.4) is 0 Å². The fourth-order valence-electron chi connectivity index (χ4n) is 2.73. The van der Waals surface area contributed by atoms with Crippen molar-refractivity contribution in [3.8, 4) is 34.5 Å². The number of primary amides is 1. The SMILES string of the molecule is Cc1ccccc1OCc1ccc(-c2nc(-c3ccc(OCC(N)=O)cc3)no2)o1. The molecule has 0 radical (unpaired) electrons. The number of aromatic nitrogens is 2. The number of furan rings is 1. The van der Waals surface area contributed by atoms with Gasteiger partial charge in [-0.2, -0.15) is 4.98 Å². The standard InChI is InChI=1S/C22H19N3O5/c1-14-4-2-3-5-18(14)28-12-17-10-11-19(29-17)22-24-21(25-30-22)15-6-8-16(9-7-15)27-13-20(23)26/h2-11H,12-13H2,1H3,(H2,23,26). The topological polar surface area (TPSA) is 114 Å². The van der Waals surface area contributed by atoms with Crippen molar-refractivity contribution in [2.75, 3.05) is 6.61 Å². The molecule has 0 atom stereocenters. The Morgan fingerprint density at radius 2 is 1.83 bits per heavy atom. The summed E-state index contributed by atoms with van der Waals surface area (Å²) in [5.41, 5.74) is 6.84. The van der Waals surface area contributed by atoms with E-state index in [9.17, 15) is 4.79 Å². The van der Waals surface area contributed by atoms with Crippen molar-refractivity contribution in [2.24, 2.45) is 5.73 Å². The largest absolute Gasteiger partial charge is 0.485 e. The molecule has 0 aliphatic heterocycles. The summed E-state index contributed by atoms with van der Waals surface area (Å²) in [7, 11) is 0. The lowest BCUT2D eigenvalue weighted by Crippen LogP contribution is -2.19. The summed E-state index contributed by atoms with van der Waals surface area (Å²) >= 11 is 0. The highest BCUT2D eigenvalue weighted by atomic mass is 16.5. The molecule has 0 fully saturated rings. The number of aryl methyl sites for hydroxylation is 1. The molecule has 0 saturated heterocycles. The monoisotopic (exact) mass is 405 g/mol. The molecule has 8 nitrogen and oxygen atoms in total. The quantitative estimate of drug-likeness (QED) is 0.475. The van der Waals surface area contributed by atoms with E-state index in [1.807, 2.05) is 37.3 Å². The molecular formula is C22H19N3O5. The van der Waals surface area contributed by atoms with Crippen LogP contribution in [0.15, 0.2) is 69.6 Å². The molecule has 152 valence electrons. The minimum Gasteiger partial charge on any atom is -0.485 e. The number of hydrogen-bond acceptors (Lipinski definition) is 7. The summed E-state index contributed by atoms with van der Waals surface area (Å²) < 4.78 is 22.1. The van der Waals surface area contributed by atoms with E-state index in [2.05, 4.69) is 10.1 Å². The van der Waals surface area contributed by atoms with E-state index in [4.69, 9.17) is 24.1 Å². The van der Waals surface area contributed by atoms with Crippen molar-refractivity contribution in [1.29, 1.82) is 0 Å². The summed E-state index contributed by atoms with van der Waals surface area (Å²) in [6.07, 6.45) is 0. The Bertz CT molecular complexity index is 1150. The van der Waals surface area contributed by atoms with E-state index in [-0.39, 0.29) is 12.5 Å². The van der Waals surface area contributed by atoms with Crippen molar-refractivity contribution in [2.45, 2.75) is 13.5 Å². The second-order valence-corrected chi connectivity index (χ2v) is 6.52. The number of hydrogen-bond donors (Lipinski definition) is 1. The van der Waals surface area contributed by atoms with Gasteiger partial charge in [-0.1, -0.05) is 23.4 Å². The Morgan fingerprint density at radius 3 is 2.60 bits per heavy atom. The van der Waals surface area contributed by atoms with Gasteiger partial charge >= 0.3 is 0 Å². The van der Waals surface area contributed by atoms with Gasteiger partial charge in [-0.3, -0.25) is 4.79 Å². The lowest BCUT2D eigenvalue weighted by molar-refractivity contribution is -0.119. The van der Waals surface area contributed by atoms with E-state index in [0.29, 0.717) is 29.7 Å². The number of para-hydroxylation sites is 1. The maximum Gasteiger partial charge on any atom is 0.293 e. The molecule has 1 amide bonds. The number of nitrogens with zero attached hydrogens (tertiary/aromatic N) is 2. The maximum absolute atomic E-state index is 10.8. The minimum absolute atomic E-state index is 0.180. The third-order valence-corrected chi connectivity index (χ3v) is 4.26. The van der Waals surface area contributed by atoms with Gasteiger partial charge in [-0.05, 0) is 55.0 Å². The number of carbonyl (C=O) groups excluding carboxylic acids is 1. The first-order chi connectivity index (χ1) is 14.6. The van der Waals surface area contributed by atoms with E-state index in [1.165, 1.54) is 0 Å². The molecule has 30 heavy (non-hydrogen) atoms. The molecular weight excluding hydrogens is 386 g/mol. The lowest BCUT2D eigenvalue weighted by atomic mass is 10.2. The number of benzene rings is 2. The molecule has 8 heteroatoms. The molecule has 0 saturated carbocycles. The Hall–Kier alpha value is -4.07. The van der Waals surface area contributed by atoms with Gasteiger partial charge in [0.2, 0.25) is 5.82 Å². The molecule has 2 aromatic carbocycles. The molecule has 0 aliphatic rings. The van der Waals surface area contributed by atoms with Gasteiger partial charge in [0, 0.05) is 5.56 Å². The summed E-state index contributed by atoms with van der Waals surface area (Å²) in [5, 5.41) is 3.99. The summed E-state index contributed by atoms with van der Waals surface area (Å²) in [4.78, 5) is 15.1. The normalized spacial score (nSPS) is 10.7. The van der Waals surface area contributed by atoms with Gasteiger partial charge in [0.25, 0.3) is 11.8 Å². The number of carbonyl (C=O) groups is 1. The Balaban J connectivity index is 1.42. The zero-order valence-electron chi connectivity index (χ0n) is 16.2. The minimum atomic E-state index is -0.538. The highest BCUT2D eigenvalue weighted by Gasteiger charge is 2.15. The molecule has 4 aromatic rings. The van der Waals surface area contributed by atoms with Crippen LogP contribution in [-0.2, 0) is 11.4 Å². The number of rotatable bonds is 8. The first kappa shape index (κ1) is 19.3. The van der Waals surface area contributed by atoms with Crippen LogP contribution in [0, 0.1) is 6.92 Å². The smallest absolute Gasteiger partial charge is 0.293 e. The number of amides is 1. The Morgan fingerprint density at radius 1 is 1.03 bits per heavy atom. The molecule has 2 heterocycles.